The molecule has 1 aliphatic heterocycles. The number of oxazole rings is 1. The van der Waals surface area contributed by atoms with Crippen molar-refractivity contribution >= 4 is 5.91 Å². The minimum absolute atomic E-state index is 0.152. The first-order valence-electron chi connectivity index (χ1n) is 11.3. The number of rotatable bonds is 4. The Hall–Kier alpha value is -2.92. The van der Waals surface area contributed by atoms with E-state index in [-0.39, 0.29) is 5.91 Å². The maximum Gasteiger partial charge on any atom is 0.253 e. The molecule has 5 rings (SSSR count). The predicted molar refractivity (Wildman–Crippen MR) is 122 cm³/mol. The monoisotopic (exact) mass is 415 g/mol. The van der Waals surface area contributed by atoms with Crippen molar-refractivity contribution in [3.8, 4) is 22.4 Å². The molecular weight excluding hydrogens is 386 g/mol. The number of amides is 1. The summed E-state index contributed by atoms with van der Waals surface area (Å²) >= 11 is 0. The van der Waals surface area contributed by atoms with Crippen LogP contribution in [0.1, 0.15) is 41.9 Å². The lowest BCUT2D eigenvalue weighted by molar-refractivity contribution is 0.0749. The van der Waals surface area contributed by atoms with Gasteiger partial charge in [-0.3, -0.25) is 9.69 Å². The quantitative estimate of drug-likeness (QED) is 0.601. The number of hydrogen-bond donors (Lipinski definition) is 0. The molecule has 1 amide bonds. The maximum atomic E-state index is 13.1. The van der Waals surface area contributed by atoms with Gasteiger partial charge in [-0.1, -0.05) is 42.8 Å². The van der Waals surface area contributed by atoms with Crippen LogP contribution in [0.25, 0.3) is 22.4 Å². The summed E-state index contributed by atoms with van der Waals surface area (Å²) in [6.45, 7) is 5.66. The molecule has 2 fully saturated rings. The van der Waals surface area contributed by atoms with Crippen LogP contribution in [0.15, 0.2) is 59.2 Å². The van der Waals surface area contributed by atoms with Gasteiger partial charge in [-0.15, -0.1) is 0 Å². The number of hydrogen-bond acceptors (Lipinski definition) is 4. The number of aromatic nitrogens is 1. The molecule has 0 spiro atoms. The standard InChI is InChI=1S/C26H29N3O2/c1-19-27-25(18-31-19)22-10-6-20(7-11-22)21-8-12-23(13-9-21)26(30)29-15-3-14-28(16-17-29)24-4-2-5-24/h6-13,18,24H,2-5,14-17H2,1H3. The van der Waals surface area contributed by atoms with Crippen molar-refractivity contribution in [2.45, 2.75) is 38.6 Å². The van der Waals surface area contributed by atoms with Crippen LogP contribution in [0.3, 0.4) is 0 Å². The first-order chi connectivity index (χ1) is 15.2. The van der Waals surface area contributed by atoms with Gasteiger partial charge in [-0.25, -0.2) is 4.98 Å². The topological polar surface area (TPSA) is 49.6 Å². The Bertz CT molecular complexity index is 1040. The first kappa shape index (κ1) is 20.0. The smallest absolute Gasteiger partial charge is 0.253 e. The molecule has 160 valence electrons. The van der Waals surface area contributed by atoms with Gasteiger partial charge in [0.15, 0.2) is 5.89 Å². The third-order valence-corrected chi connectivity index (χ3v) is 6.67. The van der Waals surface area contributed by atoms with E-state index in [1.807, 2.05) is 36.1 Å². The van der Waals surface area contributed by atoms with Crippen LogP contribution in [0, 0.1) is 6.92 Å². The molecule has 0 radical (unpaired) electrons. The van der Waals surface area contributed by atoms with E-state index >= 15 is 0 Å². The van der Waals surface area contributed by atoms with Gasteiger partial charge < -0.3 is 9.32 Å². The molecule has 0 unspecified atom stereocenters. The van der Waals surface area contributed by atoms with E-state index < -0.39 is 0 Å². The normalized spacial score (nSPS) is 17.9. The van der Waals surface area contributed by atoms with Gasteiger partial charge in [0.25, 0.3) is 5.91 Å². The summed E-state index contributed by atoms with van der Waals surface area (Å²) in [4.78, 5) is 22.0. The van der Waals surface area contributed by atoms with Crippen LogP contribution in [0.5, 0.6) is 0 Å². The van der Waals surface area contributed by atoms with Crippen molar-refractivity contribution < 1.29 is 9.21 Å². The summed E-state index contributed by atoms with van der Waals surface area (Å²) in [5.41, 5.74) is 4.87. The number of carbonyl (C=O) groups excluding carboxylic acids is 1. The van der Waals surface area contributed by atoms with E-state index in [9.17, 15) is 4.79 Å². The van der Waals surface area contributed by atoms with Crippen LogP contribution in [-0.2, 0) is 0 Å². The number of carbonyl (C=O) groups is 1. The summed E-state index contributed by atoms with van der Waals surface area (Å²) in [5, 5.41) is 0. The van der Waals surface area contributed by atoms with Crippen LogP contribution in [0.4, 0.5) is 0 Å². The Kier molecular flexibility index (Phi) is 5.60. The zero-order chi connectivity index (χ0) is 21.2. The molecule has 1 saturated carbocycles. The molecule has 1 aromatic heterocycles. The Balaban J connectivity index is 1.24. The summed E-state index contributed by atoms with van der Waals surface area (Å²) in [6.07, 6.45) is 6.76. The largest absolute Gasteiger partial charge is 0.449 e. The van der Waals surface area contributed by atoms with Crippen LogP contribution in [-0.4, -0.2) is 52.9 Å². The van der Waals surface area contributed by atoms with Gasteiger partial charge >= 0.3 is 0 Å². The fourth-order valence-electron chi connectivity index (χ4n) is 4.57. The third kappa shape index (κ3) is 4.28. The number of aryl methyl sites for hydroxylation is 1. The lowest BCUT2D eigenvalue weighted by Crippen LogP contribution is -2.42. The van der Waals surface area contributed by atoms with Crippen molar-refractivity contribution in [3.63, 3.8) is 0 Å². The molecule has 1 aliphatic carbocycles. The first-order valence-corrected chi connectivity index (χ1v) is 11.3. The summed E-state index contributed by atoms with van der Waals surface area (Å²) in [6, 6.07) is 17.0. The van der Waals surface area contributed by atoms with E-state index in [0.717, 1.165) is 66.6 Å². The second kappa shape index (κ2) is 8.67. The third-order valence-electron chi connectivity index (χ3n) is 6.67. The summed E-state index contributed by atoms with van der Waals surface area (Å²) in [7, 11) is 0. The zero-order valence-corrected chi connectivity index (χ0v) is 18.1. The van der Waals surface area contributed by atoms with Crippen LogP contribution < -0.4 is 0 Å². The van der Waals surface area contributed by atoms with E-state index in [0.29, 0.717) is 5.89 Å². The van der Waals surface area contributed by atoms with E-state index in [2.05, 4.69) is 34.1 Å². The number of benzene rings is 2. The van der Waals surface area contributed by atoms with Gasteiger partial charge in [0.2, 0.25) is 0 Å². The molecule has 3 aromatic rings. The average Bonchev–Trinajstić information content (AvgIpc) is 3.06. The molecule has 2 heterocycles. The molecule has 0 N–H and O–H groups in total. The van der Waals surface area contributed by atoms with Crippen LogP contribution in [0.2, 0.25) is 0 Å². The lowest BCUT2D eigenvalue weighted by atomic mass is 9.91. The highest BCUT2D eigenvalue weighted by molar-refractivity contribution is 5.94. The van der Waals surface area contributed by atoms with E-state index in [4.69, 9.17) is 4.42 Å². The maximum absolute atomic E-state index is 13.1. The molecule has 0 atom stereocenters. The van der Waals surface area contributed by atoms with Crippen molar-refractivity contribution in [2.24, 2.45) is 0 Å². The molecule has 5 heteroatoms. The fourth-order valence-corrected chi connectivity index (χ4v) is 4.57. The second-order valence-corrected chi connectivity index (χ2v) is 8.67. The molecule has 1 saturated heterocycles. The minimum Gasteiger partial charge on any atom is -0.449 e. The van der Waals surface area contributed by atoms with E-state index in [1.54, 1.807) is 6.26 Å². The Morgan fingerprint density at radius 3 is 2.16 bits per heavy atom. The SMILES string of the molecule is Cc1nc(-c2ccc(-c3ccc(C(=O)N4CCCN(C5CCC5)CC4)cc3)cc2)co1. The van der Waals surface area contributed by atoms with Crippen molar-refractivity contribution in [3.05, 3.63) is 66.2 Å². The van der Waals surface area contributed by atoms with Crippen molar-refractivity contribution in [1.29, 1.82) is 0 Å². The van der Waals surface area contributed by atoms with E-state index in [1.165, 1.54) is 19.3 Å². The molecule has 5 nitrogen and oxygen atoms in total. The molecule has 2 aromatic carbocycles. The average molecular weight is 416 g/mol. The molecular formula is C26H29N3O2. The summed E-state index contributed by atoms with van der Waals surface area (Å²) < 4.78 is 5.30. The van der Waals surface area contributed by atoms with Crippen molar-refractivity contribution in [1.82, 2.24) is 14.8 Å². The van der Waals surface area contributed by atoms with Crippen molar-refractivity contribution in [2.75, 3.05) is 26.2 Å². The highest BCUT2D eigenvalue weighted by Gasteiger charge is 2.28. The Morgan fingerprint density at radius 1 is 0.871 bits per heavy atom. The Labute approximate surface area is 183 Å². The predicted octanol–water partition coefficient (Wildman–Crippen LogP) is 5.02. The zero-order valence-electron chi connectivity index (χ0n) is 18.1. The van der Waals surface area contributed by atoms with Gasteiger partial charge in [-0.05, 0) is 42.5 Å². The highest BCUT2D eigenvalue weighted by Crippen LogP contribution is 2.27. The van der Waals surface area contributed by atoms with Gasteiger partial charge in [0.1, 0.15) is 12.0 Å². The minimum atomic E-state index is 0.152. The lowest BCUT2D eigenvalue weighted by Gasteiger charge is -2.36. The summed E-state index contributed by atoms with van der Waals surface area (Å²) in [5.74, 6) is 0.818. The number of nitrogens with zero attached hydrogens (tertiary/aromatic N) is 3. The van der Waals surface area contributed by atoms with Gasteiger partial charge in [0, 0.05) is 50.3 Å². The fraction of sp³-hybridized carbons (Fsp3) is 0.385. The Morgan fingerprint density at radius 2 is 1.55 bits per heavy atom. The molecule has 2 aliphatic rings. The molecule has 0 bridgehead atoms. The van der Waals surface area contributed by atoms with Gasteiger partial charge in [0.05, 0.1) is 0 Å². The van der Waals surface area contributed by atoms with Crippen LogP contribution >= 0.6 is 0 Å². The van der Waals surface area contributed by atoms with Gasteiger partial charge in [-0.2, -0.15) is 0 Å². The second-order valence-electron chi connectivity index (χ2n) is 8.67. The molecule has 31 heavy (non-hydrogen) atoms. The highest BCUT2D eigenvalue weighted by atomic mass is 16.3.